The Kier molecular flexibility index (Phi) is 5.05. The van der Waals surface area contributed by atoms with Crippen LogP contribution in [-0.4, -0.2) is 19.4 Å². The maximum atomic E-state index is 6.75. The van der Waals surface area contributed by atoms with Crippen molar-refractivity contribution in [3.63, 3.8) is 0 Å². The van der Waals surface area contributed by atoms with E-state index in [4.69, 9.17) is 19.4 Å². The van der Waals surface area contributed by atoms with Crippen molar-refractivity contribution in [3.8, 4) is 34.2 Å². The molecule has 0 bridgehead atoms. The predicted molar refractivity (Wildman–Crippen MR) is 196 cm³/mol. The molecule has 0 saturated heterocycles. The third-order valence-electron chi connectivity index (χ3n) is 9.77. The van der Waals surface area contributed by atoms with E-state index in [9.17, 15) is 0 Å². The van der Waals surface area contributed by atoms with E-state index >= 15 is 0 Å². The topological polar surface area (TPSA) is 56.2 Å². The van der Waals surface area contributed by atoms with Gasteiger partial charge in [-0.2, -0.15) is 0 Å². The molecule has 48 heavy (non-hydrogen) atoms. The second kappa shape index (κ2) is 9.47. The Morgan fingerprint density at radius 1 is 0.438 bits per heavy atom. The zero-order valence-electron chi connectivity index (χ0n) is 25.6. The van der Waals surface area contributed by atoms with Crippen LogP contribution in [-0.2, 0) is 0 Å². The number of furan rings is 1. The van der Waals surface area contributed by atoms with Gasteiger partial charge in [-0.25, -0.2) is 15.0 Å². The highest BCUT2D eigenvalue weighted by molar-refractivity contribution is 6.31. The largest absolute Gasteiger partial charge is 0.454 e. The first-order valence-electron chi connectivity index (χ1n) is 16.1. The van der Waals surface area contributed by atoms with E-state index in [0.717, 1.165) is 66.0 Å². The number of aromatic nitrogens is 4. The average molecular weight is 613 g/mol. The lowest BCUT2D eigenvalue weighted by Gasteiger charge is -2.10. The van der Waals surface area contributed by atoms with Crippen molar-refractivity contribution in [2.75, 3.05) is 0 Å². The monoisotopic (exact) mass is 612 g/mol. The zero-order chi connectivity index (χ0) is 31.3. The van der Waals surface area contributed by atoms with Crippen LogP contribution in [0.1, 0.15) is 0 Å². The fourth-order valence-electron chi connectivity index (χ4n) is 7.65. The van der Waals surface area contributed by atoms with Crippen LogP contribution in [0.2, 0.25) is 0 Å². The van der Waals surface area contributed by atoms with E-state index in [1.807, 2.05) is 30.3 Å². The number of hydrogen-bond acceptors (Lipinski definition) is 4. The minimum Gasteiger partial charge on any atom is -0.454 e. The first-order valence-corrected chi connectivity index (χ1v) is 16.1. The van der Waals surface area contributed by atoms with Gasteiger partial charge in [-0.3, -0.25) is 0 Å². The molecule has 4 heterocycles. The van der Waals surface area contributed by atoms with Crippen molar-refractivity contribution in [2.45, 2.75) is 0 Å². The molecule has 0 unspecified atom stereocenters. The van der Waals surface area contributed by atoms with Gasteiger partial charge in [0.2, 0.25) is 0 Å². The molecular weight excluding hydrogens is 589 g/mol. The van der Waals surface area contributed by atoms with Gasteiger partial charge in [-0.05, 0) is 51.9 Å². The molecule has 0 N–H and O–H groups in total. The van der Waals surface area contributed by atoms with E-state index in [1.165, 1.54) is 21.5 Å². The summed E-state index contributed by atoms with van der Waals surface area (Å²) in [6.45, 7) is 0. The number of fused-ring (bicyclic) bond motifs is 7. The summed E-state index contributed by atoms with van der Waals surface area (Å²) >= 11 is 0. The normalized spacial score (nSPS) is 12.2. The van der Waals surface area contributed by atoms with Crippen LogP contribution in [0.25, 0.3) is 105 Å². The Hall–Kier alpha value is -6.59. The van der Waals surface area contributed by atoms with Crippen LogP contribution < -0.4 is 0 Å². The summed E-state index contributed by atoms with van der Waals surface area (Å²) in [4.78, 5) is 15.2. The maximum Gasteiger partial charge on any atom is 0.164 e. The molecule has 11 rings (SSSR count). The van der Waals surface area contributed by atoms with Crippen LogP contribution in [0, 0.1) is 0 Å². The number of hydrogen-bond donors (Lipinski definition) is 0. The van der Waals surface area contributed by atoms with Crippen LogP contribution >= 0.6 is 0 Å². The van der Waals surface area contributed by atoms with E-state index in [1.54, 1.807) is 0 Å². The lowest BCUT2D eigenvalue weighted by molar-refractivity contribution is 0.673. The maximum absolute atomic E-state index is 6.75. The van der Waals surface area contributed by atoms with Crippen LogP contribution in [0.5, 0.6) is 0 Å². The van der Waals surface area contributed by atoms with Gasteiger partial charge in [0, 0.05) is 32.8 Å². The summed E-state index contributed by atoms with van der Waals surface area (Å²) in [7, 11) is 0. The average Bonchev–Trinajstić information content (AvgIpc) is 3.64. The van der Waals surface area contributed by atoms with Gasteiger partial charge in [0.15, 0.2) is 23.1 Å². The predicted octanol–water partition coefficient (Wildman–Crippen LogP) is 11.1. The van der Waals surface area contributed by atoms with Gasteiger partial charge in [0.1, 0.15) is 11.1 Å². The lowest BCUT2D eigenvalue weighted by Crippen LogP contribution is -2.00. The summed E-state index contributed by atoms with van der Waals surface area (Å²) in [5.41, 5.74) is 7.89. The van der Waals surface area contributed by atoms with Gasteiger partial charge in [0.25, 0.3) is 0 Å². The molecular formula is C43H24N4O. The van der Waals surface area contributed by atoms with E-state index in [-0.39, 0.29) is 0 Å². The fourth-order valence-corrected chi connectivity index (χ4v) is 7.65. The fraction of sp³-hybridized carbons (Fsp3) is 0. The number of para-hydroxylation sites is 1. The van der Waals surface area contributed by atoms with Crippen molar-refractivity contribution in [1.29, 1.82) is 0 Å². The second-order valence-corrected chi connectivity index (χ2v) is 12.4. The first kappa shape index (κ1) is 25.6. The summed E-state index contributed by atoms with van der Waals surface area (Å²) in [5, 5.41) is 9.29. The van der Waals surface area contributed by atoms with Crippen molar-refractivity contribution in [3.05, 3.63) is 146 Å². The quantitative estimate of drug-likeness (QED) is 0.199. The highest BCUT2D eigenvalue weighted by atomic mass is 16.3. The van der Waals surface area contributed by atoms with E-state index in [2.05, 4.69) is 120 Å². The molecule has 0 spiro atoms. The SMILES string of the molecule is c1ccc(-c2nc(-c3ccc4c(c3)c3oc5ccc6cccc7c8ccccc8n4c3c5c67)nc(-c3cccc4ccccc34)n2)cc1. The van der Waals surface area contributed by atoms with Crippen molar-refractivity contribution in [2.24, 2.45) is 0 Å². The minimum atomic E-state index is 0.617. The molecule has 5 nitrogen and oxygen atoms in total. The molecule has 222 valence electrons. The molecule has 11 aromatic rings. The molecule has 5 heteroatoms. The summed E-state index contributed by atoms with van der Waals surface area (Å²) in [5.74, 6) is 1.90. The number of rotatable bonds is 3. The zero-order valence-corrected chi connectivity index (χ0v) is 25.6. The van der Waals surface area contributed by atoms with Gasteiger partial charge in [-0.1, -0.05) is 115 Å². The van der Waals surface area contributed by atoms with Gasteiger partial charge >= 0.3 is 0 Å². The minimum absolute atomic E-state index is 0.617. The highest BCUT2D eigenvalue weighted by Gasteiger charge is 2.23. The van der Waals surface area contributed by atoms with Crippen molar-refractivity contribution < 1.29 is 4.42 Å². The summed E-state index contributed by atoms with van der Waals surface area (Å²) < 4.78 is 9.12. The van der Waals surface area contributed by atoms with Crippen LogP contribution in [0.3, 0.4) is 0 Å². The number of nitrogens with zero attached hydrogens (tertiary/aromatic N) is 4. The summed E-state index contributed by atoms with van der Waals surface area (Å²) in [6.07, 6.45) is 0. The molecule has 0 amide bonds. The highest BCUT2D eigenvalue weighted by Crippen LogP contribution is 2.45. The summed E-state index contributed by atoms with van der Waals surface area (Å²) in [6, 6.07) is 50.7. The smallest absolute Gasteiger partial charge is 0.164 e. The molecule has 0 atom stereocenters. The Morgan fingerprint density at radius 2 is 1.12 bits per heavy atom. The van der Waals surface area contributed by atoms with Crippen LogP contribution in [0.4, 0.5) is 0 Å². The van der Waals surface area contributed by atoms with Crippen molar-refractivity contribution >= 4 is 70.8 Å². The van der Waals surface area contributed by atoms with Gasteiger partial charge in [0.05, 0.1) is 16.4 Å². The Morgan fingerprint density at radius 3 is 2.04 bits per heavy atom. The van der Waals surface area contributed by atoms with Gasteiger partial charge in [-0.15, -0.1) is 0 Å². The third-order valence-corrected chi connectivity index (χ3v) is 9.77. The molecule has 0 radical (unpaired) electrons. The first-order chi connectivity index (χ1) is 23.8. The third kappa shape index (κ3) is 3.47. The van der Waals surface area contributed by atoms with Crippen LogP contribution in [0.15, 0.2) is 150 Å². The Balaban J connectivity index is 1.23. The standard InChI is InChI=1S/C43H24N4O/c1-2-11-27(12-3-1)41-44-42(46-43(45-41)32-18-8-13-25-10-4-5-15-29(25)32)28-20-22-35-33(24-28)40-39-38-36(48-40)23-21-26-14-9-17-31(37(26)38)30-16-6-7-19-34(30)47(35)39/h1-24H. The number of benzene rings is 7. The second-order valence-electron chi connectivity index (χ2n) is 12.4. The van der Waals surface area contributed by atoms with Gasteiger partial charge < -0.3 is 8.82 Å². The van der Waals surface area contributed by atoms with Crippen molar-refractivity contribution in [1.82, 2.24) is 19.4 Å². The molecule has 0 aliphatic heterocycles. The Bertz CT molecular complexity index is 3060. The van der Waals surface area contributed by atoms with E-state index in [0.29, 0.717) is 17.5 Å². The molecule has 0 saturated carbocycles. The molecule has 0 fully saturated rings. The lowest BCUT2D eigenvalue weighted by atomic mass is 10.0. The molecule has 4 aromatic heterocycles. The molecule has 0 aliphatic carbocycles. The van der Waals surface area contributed by atoms with E-state index < -0.39 is 0 Å². The Labute approximate surface area is 273 Å². The molecule has 0 aliphatic rings. The molecule has 7 aromatic carbocycles.